The van der Waals surface area contributed by atoms with E-state index in [0.717, 1.165) is 12.8 Å². The Morgan fingerprint density at radius 2 is 2.07 bits per heavy atom. The van der Waals surface area contributed by atoms with Crippen molar-refractivity contribution in [1.82, 2.24) is 5.32 Å². The van der Waals surface area contributed by atoms with Gasteiger partial charge in [0.1, 0.15) is 0 Å². The van der Waals surface area contributed by atoms with Crippen LogP contribution in [0.5, 0.6) is 0 Å². The number of aliphatic hydroxyl groups excluding tert-OH is 1. The van der Waals surface area contributed by atoms with Gasteiger partial charge in [-0.3, -0.25) is 9.59 Å². The standard InChI is InChI=1S/C20H29N3O4/c1-5-10-17-22-14(4)15(6-2)13(3)20(26)23-16(18(24)19(21)25)11-8-7-9-12-27-17/h5-6,10,16,18,24H,1-2,7-9,11-12H2,3-4H3,(H2,21,25)(H,23,26)/b15-13-,17-10+,22-14+/t16-,18?/m0/s1. The van der Waals surface area contributed by atoms with Crippen LogP contribution in [-0.2, 0) is 14.3 Å². The highest BCUT2D eigenvalue weighted by atomic mass is 16.5. The molecule has 0 radical (unpaired) electrons. The zero-order valence-corrected chi connectivity index (χ0v) is 16.0. The number of aliphatic imine (C=N–C) groups is 1. The van der Waals surface area contributed by atoms with E-state index in [0.29, 0.717) is 42.2 Å². The quantitative estimate of drug-likeness (QED) is 0.696. The van der Waals surface area contributed by atoms with Gasteiger partial charge in [0, 0.05) is 16.9 Å². The van der Waals surface area contributed by atoms with E-state index >= 15 is 0 Å². The van der Waals surface area contributed by atoms with Crippen molar-refractivity contribution in [3.05, 3.63) is 48.4 Å². The summed E-state index contributed by atoms with van der Waals surface area (Å²) in [4.78, 5) is 28.4. The molecule has 1 aliphatic heterocycles. The summed E-state index contributed by atoms with van der Waals surface area (Å²) in [5, 5.41) is 12.7. The Balaban J connectivity index is 3.29. The summed E-state index contributed by atoms with van der Waals surface area (Å²) in [6.45, 7) is 11.3. The molecular weight excluding hydrogens is 346 g/mol. The number of carbonyl (C=O) groups excluding carboxylic acids is 2. The first kappa shape index (κ1) is 22.4. The fraction of sp³-hybridized carbons (Fsp3) is 0.450. The molecule has 7 heteroatoms. The Bertz CT molecular complexity index is 677. The maximum Gasteiger partial charge on any atom is 0.248 e. The highest BCUT2D eigenvalue weighted by Gasteiger charge is 2.26. The molecule has 0 aromatic heterocycles. The van der Waals surface area contributed by atoms with Crippen LogP contribution in [0.15, 0.2) is 53.4 Å². The van der Waals surface area contributed by atoms with Crippen molar-refractivity contribution in [2.75, 3.05) is 6.61 Å². The van der Waals surface area contributed by atoms with E-state index in [1.807, 2.05) is 0 Å². The summed E-state index contributed by atoms with van der Waals surface area (Å²) >= 11 is 0. The van der Waals surface area contributed by atoms with Crippen molar-refractivity contribution in [2.45, 2.75) is 51.7 Å². The zero-order chi connectivity index (χ0) is 20.4. The minimum absolute atomic E-state index is 0.364. The number of ether oxygens (including phenoxy) is 1. The Kier molecular flexibility index (Phi) is 9.22. The number of aliphatic hydroxyl groups is 1. The van der Waals surface area contributed by atoms with Gasteiger partial charge >= 0.3 is 0 Å². The Morgan fingerprint density at radius 1 is 1.37 bits per heavy atom. The van der Waals surface area contributed by atoms with Crippen molar-refractivity contribution in [3.8, 4) is 0 Å². The lowest BCUT2D eigenvalue weighted by atomic mass is 10.00. The van der Waals surface area contributed by atoms with Crippen LogP contribution in [0.25, 0.3) is 0 Å². The number of primary amides is 1. The maximum absolute atomic E-state index is 12.6. The SMILES string of the molecule is C=C\C=C1/N=C(C)/C(C=C)=C(/C)C(=O)N[C@H](C(O)C(N)=O)CCCCCO1. The van der Waals surface area contributed by atoms with Crippen LogP contribution < -0.4 is 11.1 Å². The summed E-state index contributed by atoms with van der Waals surface area (Å²) < 4.78 is 5.69. The molecule has 4 N–H and O–H groups in total. The molecule has 1 heterocycles. The molecule has 0 fully saturated rings. The lowest BCUT2D eigenvalue weighted by Crippen LogP contribution is -2.49. The average molecular weight is 375 g/mol. The topological polar surface area (TPSA) is 114 Å². The van der Waals surface area contributed by atoms with Crippen LogP contribution >= 0.6 is 0 Å². The molecule has 1 aliphatic rings. The first-order chi connectivity index (χ1) is 12.8. The van der Waals surface area contributed by atoms with E-state index in [2.05, 4.69) is 23.5 Å². The second-order valence-electron chi connectivity index (χ2n) is 6.31. The molecule has 0 aromatic carbocycles. The van der Waals surface area contributed by atoms with E-state index in [1.54, 1.807) is 26.0 Å². The molecule has 1 unspecified atom stereocenters. The molecule has 2 atom stereocenters. The van der Waals surface area contributed by atoms with Crippen molar-refractivity contribution in [1.29, 1.82) is 0 Å². The number of hydrogen-bond acceptors (Lipinski definition) is 5. The first-order valence-electron chi connectivity index (χ1n) is 8.94. The number of nitrogens with zero attached hydrogens (tertiary/aromatic N) is 1. The Morgan fingerprint density at radius 3 is 2.67 bits per heavy atom. The fourth-order valence-corrected chi connectivity index (χ4v) is 2.74. The molecule has 0 bridgehead atoms. The van der Waals surface area contributed by atoms with Crippen LogP contribution in [0.1, 0.15) is 39.5 Å². The molecule has 0 saturated heterocycles. The zero-order valence-electron chi connectivity index (χ0n) is 16.0. The van der Waals surface area contributed by atoms with Gasteiger partial charge in [-0.2, -0.15) is 0 Å². The molecule has 0 saturated carbocycles. The average Bonchev–Trinajstić information content (AvgIpc) is 2.62. The second-order valence-corrected chi connectivity index (χ2v) is 6.31. The molecule has 7 nitrogen and oxygen atoms in total. The van der Waals surface area contributed by atoms with Gasteiger partial charge < -0.3 is 20.9 Å². The van der Waals surface area contributed by atoms with E-state index in [1.165, 1.54) is 6.08 Å². The predicted octanol–water partition coefficient (Wildman–Crippen LogP) is 1.90. The number of amides is 2. The van der Waals surface area contributed by atoms with Gasteiger partial charge in [0.25, 0.3) is 0 Å². The van der Waals surface area contributed by atoms with Gasteiger partial charge in [-0.25, -0.2) is 4.99 Å². The number of carbonyl (C=O) groups is 2. The molecule has 148 valence electrons. The van der Waals surface area contributed by atoms with Gasteiger partial charge in [0.2, 0.25) is 17.7 Å². The third kappa shape index (κ3) is 6.86. The summed E-state index contributed by atoms with van der Waals surface area (Å²) in [7, 11) is 0. The van der Waals surface area contributed by atoms with Crippen LogP contribution in [0, 0.1) is 0 Å². The number of hydrogen-bond donors (Lipinski definition) is 3. The Hall–Kier alpha value is -2.67. The van der Waals surface area contributed by atoms with Gasteiger partial charge in [-0.1, -0.05) is 31.7 Å². The lowest BCUT2D eigenvalue weighted by molar-refractivity contribution is -0.128. The van der Waals surface area contributed by atoms with Crippen molar-refractivity contribution < 1.29 is 19.4 Å². The van der Waals surface area contributed by atoms with Crippen LogP contribution in [-0.4, -0.2) is 41.4 Å². The monoisotopic (exact) mass is 375 g/mol. The van der Waals surface area contributed by atoms with Crippen LogP contribution in [0.2, 0.25) is 0 Å². The van der Waals surface area contributed by atoms with Gasteiger partial charge in [-0.15, -0.1) is 0 Å². The largest absolute Gasteiger partial charge is 0.478 e. The van der Waals surface area contributed by atoms with Crippen molar-refractivity contribution in [3.63, 3.8) is 0 Å². The predicted molar refractivity (Wildman–Crippen MR) is 106 cm³/mol. The minimum atomic E-state index is -1.45. The summed E-state index contributed by atoms with van der Waals surface area (Å²) in [6, 6.07) is -0.756. The molecule has 0 spiro atoms. The van der Waals surface area contributed by atoms with Gasteiger partial charge in [-0.05, 0) is 39.2 Å². The molecule has 0 aliphatic carbocycles. The highest BCUT2D eigenvalue weighted by molar-refractivity contribution is 6.09. The molecular formula is C20H29N3O4. The van der Waals surface area contributed by atoms with Crippen molar-refractivity contribution in [2.24, 2.45) is 10.7 Å². The molecule has 2 amide bonds. The summed E-state index contributed by atoms with van der Waals surface area (Å²) in [6.07, 6.45) is 6.01. The minimum Gasteiger partial charge on any atom is -0.478 e. The van der Waals surface area contributed by atoms with Crippen LogP contribution in [0.4, 0.5) is 0 Å². The van der Waals surface area contributed by atoms with Crippen molar-refractivity contribution >= 4 is 17.5 Å². The third-order valence-electron chi connectivity index (χ3n) is 4.28. The highest BCUT2D eigenvalue weighted by Crippen LogP contribution is 2.15. The first-order valence-corrected chi connectivity index (χ1v) is 8.94. The lowest BCUT2D eigenvalue weighted by Gasteiger charge is -2.23. The second kappa shape index (κ2) is 11.1. The normalized spacial score (nSPS) is 27.4. The third-order valence-corrected chi connectivity index (χ3v) is 4.28. The smallest absolute Gasteiger partial charge is 0.248 e. The van der Waals surface area contributed by atoms with E-state index in [4.69, 9.17) is 10.5 Å². The van der Waals surface area contributed by atoms with Gasteiger partial charge in [0.15, 0.2) is 6.10 Å². The van der Waals surface area contributed by atoms with E-state index in [-0.39, 0.29) is 0 Å². The summed E-state index contributed by atoms with van der Waals surface area (Å²) in [5.74, 6) is -0.876. The Labute approximate surface area is 160 Å². The molecule has 1 rings (SSSR count). The number of rotatable bonds is 4. The molecule has 0 aromatic rings. The maximum atomic E-state index is 12.6. The van der Waals surface area contributed by atoms with E-state index < -0.39 is 24.0 Å². The number of nitrogens with one attached hydrogen (secondary N) is 1. The van der Waals surface area contributed by atoms with Crippen LogP contribution in [0.3, 0.4) is 0 Å². The number of allylic oxidation sites excluding steroid dienone is 4. The fourth-order valence-electron chi connectivity index (χ4n) is 2.74. The molecule has 27 heavy (non-hydrogen) atoms. The van der Waals surface area contributed by atoms with E-state index in [9.17, 15) is 14.7 Å². The number of nitrogens with two attached hydrogens (primary N) is 1. The summed E-state index contributed by atoms with van der Waals surface area (Å²) in [5.41, 5.74) is 6.66. The van der Waals surface area contributed by atoms with Gasteiger partial charge in [0.05, 0.1) is 12.6 Å².